The number of hydrogen-bond donors (Lipinski definition) is 3. The number of ether oxygens (including phenoxy) is 1. The van der Waals surface area contributed by atoms with Crippen LogP contribution in [0.25, 0.3) is 5.00 Å². The molecule has 3 heterocycles. The molecule has 1 aliphatic heterocycles. The second-order valence-electron chi connectivity index (χ2n) is 11.0. The van der Waals surface area contributed by atoms with Crippen LogP contribution in [-0.4, -0.2) is 58.0 Å². The molecule has 1 atom stereocenters. The molecule has 15 heteroatoms. The molecule has 0 saturated carbocycles. The molecular formula is C34H32ClF2N7O4S. The topological polar surface area (TPSA) is 154 Å². The lowest BCUT2D eigenvalue weighted by Gasteiger charge is -2.13. The van der Waals surface area contributed by atoms with Gasteiger partial charge in [-0.3, -0.25) is 19.1 Å². The molecule has 0 bridgehead atoms. The van der Waals surface area contributed by atoms with Gasteiger partial charge < -0.3 is 21.1 Å². The number of amides is 2. The number of alkyl halides is 2. The molecule has 2 amide bonds. The number of aliphatic imine (C=N–C) groups is 1. The van der Waals surface area contributed by atoms with Crippen LogP contribution in [0.15, 0.2) is 47.5 Å². The van der Waals surface area contributed by atoms with Crippen molar-refractivity contribution in [1.29, 1.82) is 0 Å². The van der Waals surface area contributed by atoms with Crippen molar-refractivity contribution in [2.75, 3.05) is 18.4 Å². The van der Waals surface area contributed by atoms with Gasteiger partial charge in [0.25, 0.3) is 0 Å². The van der Waals surface area contributed by atoms with Crippen molar-refractivity contribution in [2.45, 2.75) is 52.7 Å². The van der Waals surface area contributed by atoms with Crippen molar-refractivity contribution in [3.8, 4) is 16.8 Å². The van der Waals surface area contributed by atoms with Crippen LogP contribution in [0.2, 0.25) is 5.02 Å². The van der Waals surface area contributed by atoms with E-state index in [9.17, 15) is 23.2 Å². The molecule has 0 radical (unpaired) electrons. The Morgan fingerprint density at radius 2 is 1.86 bits per heavy atom. The Kier molecular flexibility index (Phi) is 11.2. The lowest BCUT2D eigenvalue weighted by atomic mass is 9.99. The molecule has 2 aromatic carbocycles. The largest absolute Gasteiger partial charge is 0.399 e. The Balaban J connectivity index is 1.24. The predicted octanol–water partition coefficient (Wildman–Crippen LogP) is 5.41. The van der Waals surface area contributed by atoms with E-state index in [2.05, 4.69) is 51.3 Å². The fourth-order valence-electron chi connectivity index (χ4n) is 5.27. The number of halogens is 3. The van der Waals surface area contributed by atoms with E-state index in [4.69, 9.17) is 22.3 Å². The van der Waals surface area contributed by atoms with Gasteiger partial charge in [-0.1, -0.05) is 35.6 Å². The molecule has 4 N–H and O–H groups in total. The summed E-state index contributed by atoms with van der Waals surface area (Å²) in [6.07, 6.45) is 0.389. The van der Waals surface area contributed by atoms with Crippen LogP contribution < -0.4 is 16.4 Å². The van der Waals surface area contributed by atoms with Gasteiger partial charge in [0, 0.05) is 45.2 Å². The average molecular weight is 708 g/mol. The number of aryl methyl sites for hydroxylation is 2. The highest BCUT2D eigenvalue weighted by Crippen LogP contribution is 2.39. The maximum atomic E-state index is 13.2. The first kappa shape index (κ1) is 35.3. The van der Waals surface area contributed by atoms with Gasteiger partial charge >= 0.3 is 12.6 Å². The third kappa shape index (κ3) is 8.19. The van der Waals surface area contributed by atoms with Crippen molar-refractivity contribution < 1.29 is 27.9 Å². The van der Waals surface area contributed by atoms with Crippen LogP contribution in [-0.2, 0) is 14.3 Å². The van der Waals surface area contributed by atoms with E-state index in [-0.39, 0.29) is 48.9 Å². The summed E-state index contributed by atoms with van der Waals surface area (Å²) in [5.74, 6) is 4.53. The molecule has 1 aliphatic rings. The second kappa shape index (κ2) is 15.5. The Bertz CT molecular complexity index is 2000. The summed E-state index contributed by atoms with van der Waals surface area (Å²) >= 11 is 7.80. The fraction of sp³-hybridized carbons (Fsp3) is 0.294. The molecule has 4 aromatic rings. The Hall–Kier alpha value is -4.97. The minimum Gasteiger partial charge on any atom is -0.399 e. The Morgan fingerprint density at radius 3 is 2.57 bits per heavy atom. The van der Waals surface area contributed by atoms with Crippen molar-refractivity contribution in [3.05, 3.63) is 91.8 Å². The summed E-state index contributed by atoms with van der Waals surface area (Å²) in [4.78, 5) is 44.1. The molecule has 0 spiro atoms. The van der Waals surface area contributed by atoms with Gasteiger partial charge in [-0.2, -0.15) is 8.78 Å². The standard InChI is InChI=1S/C34H32ClF2N7O4S/c1-18-19(2)49-32-29(18)30(21-8-10-23(35)11-9-21)41-26(31-43-42-20(3)44(31)32)17-28(46)39-15-5-7-27(45)40-24-12-13-25(33(47)48-34(36)37)22(16-24)6-4-14-38/h8-13,16,26,34H,5,7,14-15,17,38H2,1-3H3,(H,39,46)(H,40,45)/t26-/m0/s1. The van der Waals surface area contributed by atoms with Gasteiger partial charge in [0.2, 0.25) is 11.8 Å². The molecule has 0 unspecified atom stereocenters. The van der Waals surface area contributed by atoms with Gasteiger partial charge in [0.1, 0.15) is 16.9 Å². The summed E-state index contributed by atoms with van der Waals surface area (Å²) in [6.45, 7) is 2.87. The molecule has 0 saturated heterocycles. The van der Waals surface area contributed by atoms with Crippen molar-refractivity contribution in [3.63, 3.8) is 0 Å². The van der Waals surface area contributed by atoms with Gasteiger partial charge in [-0.05, 0) is 63.1 Å². The summed E-state index contributed by atoms with van der Waals surface area (Å²) in [7, 11) is 0. The number of thiophene rings is 1. The zero-order chi connectivity index (χ0) is 35.2. The maximum absolute atomic E-state index is 13.2. The maximum Gasteiger partial charge on any atom is 0.389 e. The van der Waals surface area contributed by atoms with Crippen LogP contribution in [0.3, 0.4) is 0 Å². The molecule has 49 heavy (non-hydrogen) atoms. The summed E-state index contributed by atoms with van der Waals surface area (Å²) in [5.41, 5.74) is 9.24. The van der Waals surface area contributed by atoms with Crippen LogP contribution in [0.5, 0.6) is 0 Å². The monoisotopic (exact) mass is 707 g/mol. The molecule has 0 aliphatic carbocycles. The zero-order valence-electron chi connectivity index (χ0n) is 26.8. The Labute approximate surface area is 289 Å². The first-order valence-electron chi connectivity index (χ1n) is 15.2. The summed E-state index contributed by atoms with van der Waals surface area (Å²) < 4.78 is 31.0. The molecule has 5 rings (SSSR count). The number of anilines is 1. The minimum absolute atomic E-state index is 0.00133. The third-order valence-corrected chi connectivity index (χ3v) is 9.13. The molecule has 2 aromatic heterocycles. The minimum atomic E-state index is -3.29. The summed E-state index contributed by atoms with van der Waals surface area (Å²) in [6, 6.07) is 10.8. The van der Waals surface area contributed by atoms with E-state index in [1.165, 1.54) is 18.2 Å². The number of nitrogens with one attached hydrogen (secondary N) is 2. The number of hydrogen-bond acceptors (Lipinski definition) is 9. The number of esters is 1. The number of carbonyl (C=O) groups excluding carboxylic acids is 3. The first-order chi connectivity index (χ1) is 23.5. The number of nitrogens with two attached hydrogens (primary N) is 1. The van der Waals surface area contributed by atoms with Gasteiger partial charge in [-0.15, -0.1) is 21.5 Å². The van der Waals surface area contributed by atoms with Crippen LogP contribution >= 0.6 is 22.9 Å². The van der Waals surface area contributed by atoms with E-state index in [0.29, 0.717) is 28.8 Å². The number of benzene rings is 2. The highest BCUT2D eigenvalue weighted by Gasteiger charge is 2.32. The highest BCUT2D eigenvalue weighted by atomic mass is 35.5. The van der Waals surface area contributed by atoms with Crippen LogP contribution in [0, 0.1) is 32.6 Å². The van der Waals surface area contributed by atoms with E-state index in [1.54, 1.807) is 23.5 Å². The number of nitrogens with zero attached hydrogens (tertiary/aromatic N) is 4. The van der Waals surface area contributed by atoms with Crippen LogP contribution in [0.4, 0.5) is 14.5 Å². The van der Waals surface area contributed by atoms with E-state index >= 15 is 0 Å². The molecule has 11 nitrogen and oxygen atoms in total. The number of rotatable bonds is 10. The smallest absolute Gasteiger partial charge is 0.389 e. The second-order valence-corrected chi connectivity index (χ2v) is 12.7. The number of fused-ring (bicyclic) bond motifs is 3. The SMILES string of the molecule is Cc1sc2c(c1C)C(c1ccc(Cl)cc1)=N[C@@H](CC(=O)NCCCC(=O)Nc1ccc(C(=O)OC(F)F)c(C#CCN)c1)c1nnc(C)n1-2. The van der Waals surface area contributed by atoms with Crippen molar-refractivity contribution in [1.82, 2.24) is 20.1 Å². The third-order valence-electron chi connectivity index (χ3n) is 7.68. The zero-order valence-corrected chi connectivity index (χ0v) is 28.3. The first-order valence-corrected chi connectivity index (χ1v) is 16.4. The Morgan fingerprint density at radius 1 is 1.10 bits per heavy atom. The van der Waals surface area contributed by atoms with E-state index in [1.807, 2.05) is 23.6 Å². The quantitative estimate of drug-likeness (QED) is 0.113. The lowest BCUT2D eigenvalue weighted by molar-refractivity contribution is -0.122. The molecule has 0 fully saturated rings. The van der Waals surface area contributed by atoms with Crippen molar-refractivity contribution >= 4 is 52.1 Å². The summed E-state index contributed by atoms with van der Waals surface area (Å²) in [5, 5.41) is 15.8. The van der Waals surface area contributed by atoms with Gasteiger partial charge in [0.15, 0.2) is 5.82 Å². The number of carbonyl (C=O) groups is 3. The van der Waals surface area contributed by atoms with Gasteiger partial charge in [0.05, 0.1) is 24.2 Å². The fourth-order valence-corrected chi connectivity index (χ4v) is 6.61. The lowest BCUT2D eigenvalue weighted by Crippen LogP contribution is -2.27. The van der Waals surface area contributed by atoms with Crippen LogP contribution in [0.1, 0.15) is 74.4 Å². The van der Waals surface area contributed by atoms with E-state index < -0.39 is 18.6 Å². The molecule has 254 valence electrons. The van der Waals surface area contributed by atoms with Crippen molar-refractivity contribution in [2.24, 2.45) is 10.7 Å². The molecular weight excluding hydrogens is 676 g/mol. The highest BCUT2D eigenvalue weighted by molar-refractivity contribution is 7.15. The number of aromatic nitrogens is 3. The predicted molar refractivity (Wildman–Crippen MR) is 183 cm³/mol. The normalized spacial score (nSPS) is 13.4. The van der Waals surface area contributed by atoms with Gasteiger partial charge in [-0.25, -0.2) is 4.79 Å². The average Bonchev–Trinajstić information content (AvgIpc) is 3.53. The van der Waals surface area contributed by atoms with E-state index in [0.717, 1.165) is 32.3 Å².